The van der Waals surface area contributed by atoms with Gasteiger partial charge >= 0.3 is 12.0 Å². The lowest BCUT2D eigenvalue weighted by atomic mass is 10.3. The van der Waals surface area contributed by atoms with Gasteiger partial charge in [0.2, 0.25) is 5.95 Å². The summed E-state index contributed by atoms with van der Waals surface area (Å²) in [7, 11) is 1.37. The Hall–Kier alpha value is -2.51. The van der Waals surface area contributed by atoms with Gasteiger partial charge in [0.25, 0.3) is 0 Å². The molecule has 0 atom stereocenters. The lowest BCUT2D eigenvalue weighted by Crippen LogP contribution is -2.06. The first-order valence-electron chi connectivity index (χ1n) is 5.79. The van der Waals surface area contributed by atoms with Crippen LogP contribution in [0.25, 0.3) is 0 Å². The molecule has 1 N–H and O–H groups in total. The number of benzene rings is 1. The molecule has 2 rings (SSSR count). The Morgan fingerprint density at radius 3 is 2.60 bits per heavy atom. The Kier molecular flexibility index (Phi) is 4.24. The maximum atomic E-state index is 13.5. The molecule has 0 amide bonds. The van der Waals surface area contributed by atoms with Crippen LogP contribution in [0.1, 0.15) is 6.92 Å². The third kappa shape index (κ3) is 3.28. The van der Waals surface area contributed by atoms with Gasteiger partial charge in [0, 0.05) is 12.6 Å². The third-order valence-electron chi connectivity index (χ3n) is 2.21. The number of ether oxygens (including phenoxy) is 2. The number of hydrogen-bond donors (Lipinski definition) is 1. The summed E-state index contributed by atoms with van der Waals surface area (Å²) in [6.45, 7) is 2.42. The Balaban J connectivity index is 2.32. The molecule has 2 aromatic rings. The molecule has 1 aromatic carbocycles. The minimum absolute atomic E-state index is 0.00256. The Bertz CT molecular complexity index is 610. The van der Waals surface area contributed by atoms with Crippen molar-refractivity contribution in [3.8, 4) is 17.8 Å². The Morgan fingerprint density at radius 1 is 1.15 bits per heavy atom. The summed E-state index contributed by atoms with van der Waals surface area (Å²) in [6, 6.07) is 2.65. The van der Waals surface area contributed by atoms with E-state index in [4.69, 9.17) is 9.47 Å². The quantitative estimate of drug-likeness (QED) is 0.908. The number of nitrogens with one attached hydrogen (secondary N) is 1. The smallest absolute Gasteiger partial charge is 0.330 e. The van der Waals surface area contributed by atoms with Gasteiger partial charge in [-0.15, -0.1) is 4.98 Å². The van der Waals surface area contributed by atoms with Gasteiger partial charge in [0.1, 0.15) is 5.82 Å². The van der Waals surface area contributed by atoms with Crippen LogP contribution in [0.5, 0.6) is 17.8 Å². The lowest BCUT2D eigenvalue weighted by molar-refractivity contribution is 0.354. The topological polar surface area (TPSA) is 69.2 Å². The number of nitrogens with zero attached hydrogens (tertiary/aromatic N) is 3. The summed E-state index contributed by atoms with van der Waals surface area (Å²) >= 11 is 0. The molecular formula is C12H12F2N4O2. The minimum Gasteiger partial charge on any atom is -0.467 e. The van der Waals surface area contributed by atoms with E-state index in [2.05, 4.69) is 20.3 Å². The van der Waals surface area contributed by atoms with Crippen molar-refractivity contribution in [2.75, 3.05) is 19.0 Å². The van der Waals surface area contributed by atoms with E-state index in [0.717, 1.165) is 18.2 Å². The second-order valence-electron chi connectivity index (χ2n) is 3.64. The number of rotatable bonds is 5. The summed E-state index contributed by atoms with van der Waals surface area (Å²) in [5.41, 5.74) is 0. The van der Waals surface area contributed by atoms with E-state index < -0.39 is 11.6 Å². The fraction of sp³-hybridized carbons (Fsp3) is 0.250. The van der Waals surface area contributed by atoms with Crippen LogP contribution in [0.3, 0.4) is 0 Å². The molecule has 106 valence electrons. The van der Waals surface area contributed by atoms with Crippen LogP contribution in [0.15, 0.2) is 18.2 Å². The van der Waals surface area contributed by atoms with Crippen molar-refractivity contribution in [1.82, 2.24) is 15.0 Å². The molecule has 0 aliphatic carbocycles. The fourth-order valence-electron chi connectivity index (χ4n) is 1.37. The van der Waals surface area contributed by atoms with E-state index in [1.165, 1.54) is 7.11 Å². The van der Waals surface area contributed by atoms with Gasteiger partial charge in [-0.2, -0.15) is 9.97 Å². The van der Waals surface area contributed by atoms with Crippen molar-refractivity contribution in [3.63, 3.8) is 0 Å². The molecule has 0 spiro atoms. The van der Waals surface area contributed by atoms with Gasteiger partial charge in [0.05, 0.1) is 7.11 Å². The van der Waals surface area contributed by atoms with E-state index >= 15 is 0 Å². The Morgan fingerprint density at radius 2 is 1.90 bits per heavy atom. The molecule has 0 bridgehead atoms. The van der Waals surface area contributed by atoms with Crippen molar-refractivity contribution in [1.29, 1.82) is 0 Å². The summed E-state index contributed by atoms with van der Waals surface area (Å²) in [6.07, 6.45) is 0. The number of aromatic nitrogens is 3. The van der Waals surface area contributed by atoms with Crippen LogP contribution < -0.4 is 14.8 Å². The second-order valence-corrected chi connectivity index (χ2v) is 3.64. The predicted octanol–water partition coefficient (Wildman–Crippen LogP) is 2.38. The molecule has 1 aromatic heterocycles. The fourth-order valence-corrected chi connectivity index (χ4v) is 1.37. The third-order valence-corrected chi connectivity index (χ3v) is 2.21. The molecule has 0 fully saturated rings. The van der Waals surface area contributed by atoms with Gasteiger partial charge in [-0.05, 0) is 19.1 Å². The highest BCUT2D eigenvalue weighted by Gasteiger charge is 2.12. The van der Waals surface area contributed by atoms with Gasteiger partial charge < -0.3 is 14.8 Å². The summed E-state index contributed by atoms with van der Waals surface area (Å²) in [5.74, 6) is -1.46. The molecular weight excluding hydrogens is 270 g/mol. The molecule has 20 heavy (non-hydrogen) atoms. The molecule has 0 unspecified atom stereocenters. The van der Waals surface area contributed by atoms with E-state index in [1.807, 2.05) is 6.92 Å². The highest BCUT2D eigenvalue weighted by atomic mass is 19.1. The van der Waals surface area contributed by atoms with Crippen molar-refractivity contribution in [2.24, 2.45) is 0 Å². The average molecular weight is 282 g/mol. The van der Waals surface area contributed by atoms with Gasteiger partial charge in [0.15, 0.2) is 11.6 Å². The molecule has 0 aliphatic rings. The monoisotopic (exact) mass is 282 g/mol. The summed E-state index contributed by atoms with van der Waals surface area (Å²) < 4.78 is 36.5. The average Bonchev–Trinajstić information content (AvgIpc) is 2.43. The van der Waals surface area contributed by atoms with Crippen molar-refractivity contribution in [3.05, 3.63) is 29.8 Å². The van der Waals surface area contributed by atoms with E-state index in [0.29, 0.717) is 6.54 Å². The van der Waals surface area contributed by atoms with Crippen molar-refractivity contribution in [2.45, 2.75) is 6.92 Å². The zero-order valence-electron chi connectivity index (χ0n) is 10.9. The molecule has 0 radical (unpaired) electrons. The lowest BCUT2D eigenvalue weighted by Gasteiger charge is -2.08. The second kappa shape index (κ2) is 6.09. The molecule has 0 saturated carbocycles. The molecule has 8 heteroatoms. The largest absolute Gasteiger partial charge is 0.467 e. The van der Waals surface area contributed by atoms with Crippen LogP contribution in [-0.4, -0.2) is 28.6 Å². The first-order chi connectivity index (χ1) is 9.62. The minimum atomic E-state index is -0.726. The van der Waals surface area contributed by atoms with Crippen LogP contribution in [0, 0.1) is 11.6 Å². The van der Waals surface area contributed by atoms with Crippen LogP contribution in [0.4, 0.5) is 14.7 Å². The summed E-state index contributed by atoms with van der Waals surface area (Å²) in [4.78, 5) is 11.6. The first-order valence-corrected chi connectivity index (χ1v) is 5.79. The van der Waals surface area contributed by atoms with Gasteiger partial charge in [-0.25, -0.2) is 8.78 Å². The molecule has 0 saturated heterocycles. The zero-order chi connectivity index (χ0) is 14.5. The van der Waals surface area contributed by atoms with Crippen LogP contribution in [-0.2, 0) is 0 Å². The molecule has 0 aliphatic heterocycles. The van der Waals surface area contributed by atoms with Gasteiger partial charge in [-0.1, -0.05) is 0 Å². The number of anilines is 1. The maximum Gasteiger partial charge on any atom is 0.330 e. The van der Waals surface area contributed by atoms with E-state index in [-0.39, 0.29) is 23.7 Å². The summed E-state index contributed by atoms with van der Waals surface area (Å²) in [5, 5.41) is 2.84. The van der Waals surface area contributed by atoms with Crippen molar-refractivity contribution >= 4 is 5.95 Å². The maximum absolute atomic E-state index is 13.5. The standard InChI is InChI=1S/C12H12F2N4O2/c1-3-15-10-16-11(19-2)18-12(17-10)20-9-6-7(13)4-5-8(9)14/h4-6H,3H2,1-2H3,(H,15,16,17,18). The number of halogens is 2. The first kappa shape index (κ1) is 13.9. The van der Waals surface area contributed by atoms with E-state index in [9.17, 15) is 8.78 Å². The van der Waals surface area contributed by atoms with Crippen LogP contribution >= 0.6 is 0 Å². The zero-order valence-corrected chi connectivity index (χ0v) is 10.9. The molecule has 1 heterocycles. The normalized spacial score (nSPS) is 10.2. The van der Waals surface area contributed by atoms with Crippen molar-refractivity contribution < 1.29 is 18.3 Å². The number of methoxy groups -OCH3 is 1. The highest BCUT2D eigenvalue weighted by molar-refractivity contribution is 5.31. The highest BCUT2D eigenvalue weighted by Crippen LogP contribution is 2.24. The predicted molar refractivity (Wildman–Crippen MR) is 67.0 cm³/mol. The van der Waals surface area contributed by atoms with Gasteiger partial charge in [-0.3, -0.25) is 0 Å². The molecule has 6 nitrogen and oxygen atoms in total. The SMILES string of the molecule is CCNc1nc(OC)nc(Oc2cc(F)ccc2F)n1. The number of hydrogen-bond acceptors (Lipinski definition) is 6. The van der Waals surface area contributed by atoms with E-state index in [1.54, 1.807) is 0 Å². The van der Waals surface area contributed by atoms with Crippen LogP contribution in [0.2, 0.25) is 0 Å². The Labute approximate surface area is 113 Å².